The lowest BCUT2D eigenvalue weighted by Crippen LogP contribution is -2.45. The van der Waals surface area contributed by atoms with Crippen LogP contribution in [-0.2, 0) is 6.61 Å². The minimum Gasteiger partial charge on any atom is -0.486 e. The van der Waals surface area contributed by atoms with E-state index in [1.807, 2.05) is 30.3 Å². The highest BCUT2D eigenvalue weighted by Crippen LogP contribution is 2.17. The van der Waals surface area contributed by atoms with Crippen molar-refractivity contribution in [1.29, 1.82) is 0 Å². The van der Waals surface area contributed by atoms with Crippen LogP contribution in [0.15, 0.2) is 54.6 Å². The van der Waals surface area contributed by atoms with E-state index in [2.05, 4.69) is 37.7 Å². The molecule has 1 saturated heterocycles. The summed E-state index contributed by atoms with van der Waals surface area (Å²) in [6.07, 6.45) is 0.920. The van der Waals surface area contributed by atoms with Gasteiger partial charge in [-0.25, -0.2) is 0 Å². The fourth-order valence-electron chi connectivity index (χ4n) is 3.63. The molecule has 3 aromatic rings. The van der Waals surface area contributed by atoms with Crippen LogP contribution in [0.2, 0.25) is 0 Å². The van der Waals surface area contributed by atoms with Crippen LogP contribution in [0.4, 0.5) is 5.69 Å². The highest BCUT2D eigenvalue weighted by atomic mass is 32.1. The van der Waals surface area contributed by atoms with Crippen LogP contribution in [0, 0.1) is 0 Å². The van der Waals surface area contributed by atoms with Crippen LogP contribution in [-0.4, -0.2) is 78.1 Å². The van der Waals surface area contributed by atoms with Crippen molar-refractivity contribution in [2.24, 2.45) is 0 Å². The van der Waals surface area contributed by atoms with Gasteiger partial charge in [0.1, 0.15) is 12.4 Å². The van der Waals surface area contributed by atoms with Crippen molar-refractivity contribution >= 4 is 28.8 Å². The molecule has 0 spiro atoms. The maximum Gasteiger partial charge on any atom is 0.286 e. The Morgan fingerprint density at radius 1 is 0.971 bits per heavy atom. The van der Waals surface area contributed by atoms with Gasteiger partial charge < -0.3 is 25.2 Å². The average molecular weight is 495 g/mol. The Balaban J connectivity index is 1.19. The highest BCUT2D eigenvalue weighted by molar-refractivity contribution is 7.13. The zero-order valence-corrected chi connectivity index (χ0v) is 20.6. The first-order valence-electron chi connectivity index (χ1n) is 11.7. The molecule has 2 aromatic carbocycles. The van der Waals surface area contributed by atoms with Crippen molar-refractivity contribution < 1.29 is 14.3 Å². The van der Waals surface area contributed by atoms with Gasteiger partial charge in [-0.2, -0.15) is 0 Å². The quantitative estimate of drug-likeness (QED) is 0.418. The number of benzene rings is 2. The van der Waals surface area contributed by atoms with Gasteiger partial charge in [0.15, 0.2) is 5.01 Å². The maximum absolute atomic E-state index is 12.5. The molecule has 0 unspecified atom stereocenters. The number of carbonyl (C=O) groups is 2. The van der Waals surface area contributed by atoms with Gasteiger partial charge >= 0.3 is 0 Å². The Hall–Kier alpha value is -3.34. The summed E-state index contributed by atoms with van der Waals surface area (Å²) in [5.74, 6) is 0.260. The molecule has 2 N–H and O–H groups in total. The molecule has 10 heteroatoms. The molecule has 184 valence electrons. The van der Waals surface area contributed by atoms with Crippen molar-refractivity contribution in [2.75, 3.05) is 51.6 Å². The molecule has 0 radical (unpaired) electrons. The summed E-state index contributed by atoms with van der Waals surface area (Å²) in [6, 6.07) is 16.2. The summed E-state index contributed by atoms with van der Waals surface area (Å²) in [4.78, 5) is 29.7. The minimum absolute atomic E-state index is 0.117. The van der Waals surface area contributed by atoms with Crippen LogP contribution in [0.5, 0.6) is 5.75 Å². The maximum atomic E-state index is 12.5. The van der Waals surface area contributed by atoms with Crippen LogP contribution >= 0.6 is 11.3 Å². The predicted molar refractivity (Wildman–Crippen MR) is 136 cm³/mol. The van der Waals surface area contributed by atoms with Crippen molar-refractivity contribution in [3.63, 3.8) is 0 Å². The zero-order chi connectivity index (χ0) is 24.5. The van der Waals surface area contributed by atoms with E-state index in [1.54, 1.807) is 24.3 Å². The SMILES string of the molecule is CN1CCN(CCCNC(=O)c2ccc(NC(=O)c3nnc(COc4ccccc4)s3)cc2)CC1. The zero-order valence-electron chi connectivity index (χ0n) is 19.8. The normalized spacial score (nSPS) is 14.4. The molecule has 0 saturated carbocycles. The van der Waals surface area contributed by atoms with Crippen LogP contribution < -0.4 is 15.4 Å². The molecule has 4 rings (SSSR count). The predicted octanol–water partition coefficient (Wildman–Crippen LogP) is 2.74. The van der Waals surface area contributed by atoms with E-state index in [1.165, 1.54) is 11.3 Å². The van der Waals surface area contributed by atoms with Crippen molar-refractivity contribution in [2.45, 2.75) is 13.0 Å². The van der Waals surface area contributed by atoms with E-state index in [0.29, 0.717) is 22.8 Å². The number of hydrogen-bond acceptors (Lipinski definition) is 8. The number of nitrogens with zero attached hydrogens (tertiary/aromatic N) is 4. The number of ether oxygens (including phenoxy) is 1. The number of amides is 2. The van der Waals surface area contributed by atoms with E-state index in [9.17, 15) is 9.59 Å². The third kappa shape index (κ3) is 7.57. The number of nitrogens with one attached hydrogen (secondary N) is 2. The Bertz CT molecular complexity index is 1100. The Labute approximate surface area is 209 Å². The topological polar surface area (TPSA) is 99.7 Å². The molecular weight excluding hydrogens is 464 g/mol. The average Bonchev–Trinajstić information content (AvgIpc) is 3.37. The molecule has 2 amide bonds. The monoisotopic (exact) mass is 494 g/mol. The number of anilines is 1. The highest BCUT2D eigenvalue weighted by Gasteiger charge is 2.15. The fourth-order valence-corrected chi connectivity index (χ4v) is 4.28. The van der Waals surface area contributed by atoms with Gasteiger partial charge in [0.25, 0.3) is 11.8 Å². The van der Waals surface area contributed by atoms with Gasteiger partial charge in [-0.05, 0) is 56.4 Å². The fraction of sp³-hybridized carbons (Fsp3) is 0.360. The lowest BCUT2D eigenvalue weighted by atomic mass is 10.2. The minimum atomic E-state index is -0.352. The van der Waals surface area contributed by atoms with E-state index < -0.39 is 0 Å². The van der Waals surface area contributed by atoms with Crippen LogP contribution in [0.1, 0.15) is 31.6 Å². The Morgan fingerprint density at radius 3 is 2.46 bits per heavy atom. The van der Waals surface area contributed by atoms with E-state index in [-0.39, 0.29) is 23.4 Å². The number of para-hydroxylation sites is 1. The number of likely N-dealkylation sites (N-methyl/N-ethyl adjacent to an activating group) is 1. The summed E-state index contributed by atoms with van der Waals surface area (Å²) in [6.45, 7) is 6.22. The molecule has 1 aliphatic heterocycles. The largest absolute Gasteiger partial charge is 0.486 e. The van der Waals surface area contributed by atoms with Gasteiger partial charge in [0.2, 0.25) is 5.01 Å². The molecule has 2 heterocycles. The summed E-state index contributed by atoms with van der Waals surface area (Å²) >= 11 is 1.18. The van der Waals surface area contributed by atoms with Crippen molar-refractivity contribution in [3.05, 3.63) is 70.2 Å². The van der Waals surface area contributed by atoms with Gasteiger partial charge in [-0.15, -0.1) is 10.2 Å². The molecule has 0 atom stereocenters. The number of carbonyl (C=O) groups excluding carboxylic acids is 2. The van der Waals surface area contributed by atoms with Crippen molar-refractivity contribution in [3.8, 4) is 5.75 Å². The number of rotatable bonds is 10. The first kappa shape index (κ1) is 24.8. The molecule has 1 fully saturated rings. The van der Waals surface area contributed by atoms with Gasteiger partial charge in [0, 0.05) is 44.0 Å². The second kappa shape index (κ2) is 12.4. The second-order valence-electron chi connectivity index (χ2n) is 8.39. The smallest absolute Gasteiger partial charge is 0.286 e. The summed E-state index contributed by atoms with van der Waals surface area (Å²) in [5, 5.41) is 14.6. The molecule has 35 heavy (non-hydrogen) atoms. The molecule has 0 aliphatic carbocycles. The Kier molecular flexibility index (Phi) is 8.77. The van der Waals surface area contributed by atoms with E-state index in [4.69, 9.17) is 4.74 Å². The van der Waals surface area contributed by atoms with E-state index >= 15 is 0 Å². The summed E-state index contributed by atoms with van der Waals surface area (Å²) in [5.41, 5.74) is 1.14. The van der Waals surface area contributed by atoms with Gasteiger partial charge in [0.05, 0.1) is 0 Å². The third-order valence-electron chi connectivity index (χ3n) is 5.70. The lowest BCUT2D eigenvalue weighted by molar-refractivity contribution is 0.0949. The third-order valence-corrected chi connectivity index (χ3v) is 6.60. The standard InChI is InChI=1S/C25H30N6O3S/c1-30-14-16-31(17-15-30)13-5-12-26-23(32)19-8-10-20(11-9-19)27-24(33)25-29-28-22(35-25)18-34-21-6-3-2-4-7-21/h2-4,6-11H,5,12-18H2,1H3,(H,26,32)(H,27,33). The molecule has 0 bridgehead atoms. The van der Waals surface area contributed by atoms with Gasteiger partial charge in [-0.3, -0.25) is 9.59 Å². The van der Waals surface area contributed by atoms with E-state index in [0.717, 1.165) is 44.9 Å². The van der Waals surface area contributed by atoms with Crippen LogP contribution in [0.3, 0.4) is 0 Å². The number of piperazine rings is 1. The van der Waals surface area contributed by atoms with Gasteiger partial charge in [-0.1, -0.05) is 29.5 Å². The number of aromatic nitrogens is 2. The first-order chi connectivity index (χ1) is 17.1. The molecule has 1 aliphatic rings. The lowest BCUT2D eigenvalue weighted by Gasteiger charge is -2.32. The molecular formula is C25H30N6O3S. The molecule has 1 aromatic heterocycles. The summed E-state index contributed by atoms with van der Waals surface area (Å²) < 4.78 is 5.64. The van der Waals surface area contributed by atoms with Crippen LogP contribution in [0.25, 0.3) is 0 Å². The summed E-state index contributed by atoms with van der Waals surface area (Å²) in [7, 11) is 2.14. The molecule has 9 nitrogen and oxygen atoms in total. The van der Waals surface area contributed by atoms with Crippen molar-refractivity contribution in [1.82, 2.24) is 25.3 Å². The Morgan fingerprint density at radius 2 is 1.71 bits per heavy atom. The number of hydrogen-bond donors (Lipinski definition) is 2. The second-order valence-corrected chi connectivity index (χ2v) is 9.45. The first-order valence-corrected chi connectivity index (χ1v) is 12.5.